The summed E-state index contributed by atoms with van der Waals surface area (Å²) in [5, 5.41) is 3.11. The maximum absolute atomic E-state index is 11.5. The van der Waals surface area contributed by atoms with Crippen molar-refractivity contribution in [2.24, 2.45) is 0 Å². The molecule has 1 heterocycles. The van der Waals surface area contributed by atoms with Crippen LogP contribution in [0.5, 0.6) is 0 Å². The van der Waals surface area contributed by atoms with E-state index in [1.54, 1.807) is 4.57 Å². The zero-order valence-corrected chi connectivity index (χ0v) is 9.62. The van der Waals surface area contributed by atoms with Crippen LogP contribution in [-0.4, -0.2) is 18.2 Å². The second kappa shape index (κ2) is 4.53. The third-order valence-electron chi connectivity index (χ3n) is 2.71. The Hall–Kier alpha value is -1.55. The fourth-order valence-electron chi connectivity index (χ4n) is 1.83. The molecule has 0 saturated carbocycles. The summed E-state index contributed by atoms with van der Waals surface area (Å²) in [5.74, 6) is -0.275. The van der Waals surface area contributed by atoms with E-state index < -0.39 is 0 Å². The fourth-order valence-corrected chi connectivity index (χ4v) is 1.83. The number of hydrogen-bond acceptors (Lipinski definition) is 3. The van der Waals surface area contributed by atoms with E-state index in [-0.39, 0.29) is 5.76 Å². The van der Waals surface area contributed by atoms with Crippen molar-refractivity contribution in [1.82, 2.24) is 9.88 Å². The molecule has 0 saturated heterocycles. The van der Waals surface area contributed by atoms with Crippen LogP contribution in [-0.2, 0) is 13.0 Å². The summed E-state index contributed by atoms with van der Waals surface area (Å²) in [5.41, 5.74) is 2.77. The predicted octanol–water partition coefficient (Wildman–Crippen LogP) is 1.38. The Bertz CT molecular complexity index is 539. The summed E-state index contributed by atoms with van der Waals surface area (Å²) in [4.78, 5) is 11.5. The maximum Gasteiger partial charge on any atom is 0.419 e. The van der Waals surface area contributed by atoms with Crippen LogP contribution in [0.15, 0.2) is 27.4 Å². The molecule has 1 aromatic carbocycles. The molecule has 1 aromatic heterocycles. The number of aryl methyl sites for hydroxylation is 1. The lowest BCUT2D eigenvalue weighted by atomic mass is 10.1. The van der Waals surface area contributed by atoms with Crippen molar-refractivity contribution in [3.8, 4) is 0 Å². The van der Waals surface area contributed by atoms with Gasteiger partial charge < -0.3 is 9.73 Å². The summed E-state index contributed by atoms with van der Waals surface area (Å²) >= 11 is 0. The molecule has 0 radical (unpaired) electrons. The number of nitrogens with one attached hydrogen (secondary N) is 1. The zero-order chi connectivity index (χ0) is 11.5. The Morgan fingerprint density at radius 3 is 2.94 bits per heavy atom. The van der Waals surface area contributed by atoms with E-state index in [4.69, 9.17) is 4.42 Å². The van der Waals surface area contributed by atoms with Gasteiger partial charge in [0.05, 0.1) is 5.52 Å². The number of rotatable bonds is 4. The van der Waals surface area contributed by atoms with Gasteiger partial charge in [0.2, 0.25) is 0 Å². The summed E-state index contributed by atoms with van der Waals surface area (Å²) < 4.78 is 6.79. The SMILES string of the molecule is CCn1c(=O)oc2ccc(CCNC)cc21. The highest BCUT2D eigenvalue weighted by Gasteiger charge is 2.07. The number of aromatic nitrogens is 1. The van der Waals surface area contributed by atoms with Crippen molar-refractivity contribution in [3.05, 3.63) is 34.3 Å². The van der Waals surface area contributed by atoms with Gasteiger partial charge in [-0.1, -0.05) is 6.07 Å². The molecule has 0 aliphatic carbocycles. The first-order valence-electron chi connectivity index (χ1n) is 5.53. The van der Waals surface area contributed by atoms with Crippen LogP contribution < -0.4 is 11.1 Å². The normalized spacial score (nSPS) is 11.1. The Balaban J connectivity index is 2.47. The smallest absolute Gasteiger partial charge is 0.408 e. The Kier molecular flexibility index (Phi) is 3.10. The molecule has 16 heavy (non-hydrogen) atoms. The molecule has 4 heteroatoms. The zero-order valence-electron chi connectivity index (χ0n) is 9.62. The standard InChI is InChI=1S/C12H16N2O2/c1-3-14-10-8-9(6-7-13-2)4-5-11(10)16-12(14)15/h4-5,8,13H,3,6-7H2,1-2H3. The molecule has 86 valence electrons. The van der Waals surface area contributed by atoms with Gasteiger partial charge in [-0.2, -0.15) is 0 Å². The van der Waals surface area contributed by atoms with E-state index in [1.165, 1.54) is 5.56 Å². The topological polar surface area (TPSA) is 47.2 Å². The highest BCUT2D eigenvalue weighted by atomic mass is 16.4. The average molecular weight is 220 g/mol. The molecule has 0 atom stereocenters. The van der Waals surface area contributed by atoms with Crippen molar-refractivity contribution in [2.75, 3.05) is 13.6 Å². The van der Waals surface area contributed by atoms with E-state index >= 15 is 0 Å². The number of benzene rings is 1. The quantitative estimate of drug-likeness (QED) is 0.846. The van der Waals surface area contributed by atoms with Crippen molar-refractivity contribution in [2.45, 2.75) is 19.9 Å². The molecule has 2 aromatic rings. The van der Waals surface area contributed by atoms with Crippen molar-refractivity contribution >= 4 is 11.1 Å². The van der Waals surface area contributed by atoms with Gasteiger partial charge in [0.15, 0.2) is 5.58 Å². The van der Waals surface area contributed by atoms with Crippen LogP contribution in [0.25, 0.3) is 11.1 Å². The van der Waals surface area contributed by atoms with E-state index in [9.17, 15) is 4.79 Å². The lowest BCUT2D eigenvalue weighted by Crippen LogP contribution is -2.12. The second-order valence-corrected chi connectivity index (χ2v) is 3.77. The Labute approximate surface area is 93.9 Å². The van der Waals surface area contributed by atoms with Gasteiger partial charge in [-0.25, -0.2) is 4.79 Å². The molecule has 0 unspecified atom stereocenters. The first kappa shape index (κ1) is 11.0. The van der Waals surface area contributed by atoms with Crippen LogP contribution in [0.4, 0.5) is 0 Å². The molecule has 1 N–H and O–H groups in total. The van der Waals surface area contributed by atoms with Crippen LogP contribution in [0.1, 0.15) is 12.5 Å². The van der Waals surface area contributed by atoms with Crippen LogP contribution in [0.2, 0.25) is 0 Å². The lowest BCUT2D eigenvalue weighted by Gasteiger charge is -2.01. The highest BCUT2D eigenvalue weighted by molar-refractivity contribution is 5.73. The predicted molar refractivity (Wildman–Crippen MR) is 63.8 cm³/mol. The molecule has 0 bridgehead atoms. The number of hydrogen-bond donors (Lipinski definition) is 1. The van der Waals surface area contributed by atoms with E-state index in [0.717, 1.165) is 18.5 Å². The molecular formula is C12H16N2O2. The number of nitrogens with zero attached hydrogens (tertiary/aromatic N) is 1. The second-order valence-electron chi connectivity index (χ2n) is 3.77. The van der Waals surface area contributed by atoms with Crippen molar-refractivity contribution in [3.63, 3.8) is 0 Å². The third-order valence-corrected chi connectivity index (χ3v) is 2.71. The van der Waals surface area contributed by atoms with Crippen LogP contribution >= 0.6 is 0 Å². The summed E-state index contributed by atoms with van der Waals surface area (Å²) in [6, 6.07) is 5.90. The third kappa shape index (κ3) is 1.88. The Morgan fingerprint density at radius 1 is 1.44 bits per heavy atom. The molecular weight excluding hydrogens is 204 g/mol. The molecule has 0 spiro atoms. The van der Waals surface area contributed by atoms with Gasteiger partial charge in [0, 0.05) is 6.54 Å². The maximum atomic E-state index is 11.5. The summed E-state index contributed by atoms with van der Waals surface area (Å²) in [6.45, 7) is 3.51. The molecule has 0 aliphatic heterocycles. The monoisotopic (exact) mass is 220 g/mol. The number of fused-ring (bicyclic) bond motifs is 1. The number of oxazole rings is 1. The van der Waals surface area contributed by atoms with Gasteiger partial charge in [-0.05, 0) is 44.6 Å². The number of likely N-dealkylation sites (N-methyl/N-ethyl adjacent to an activating group) is 1. The highest BCUT2D eigenvalue weighted by Crippen LogP contribution is 2.15. The van der Waals surface area contributed by atoms with Gasteiger partial charge >= 0.3 is 5.76 Å². The van der Waals surface area contributed by atoms with Crippen molar-refractivity contribution in [1.29, 1.82) is 0 Å². The molecule has 2 rings (SSSR count). The summed E-state index contributed by atoms with van der Waals surface area (Å²) in [7, 11) is 1.93. The summed E-state index contributed by atoms with van der Waals surface area (Å²) in [6.07, 6.45) is 0.954. The minimum Gasteiger partial charge on any atom is -0.408 e. The van der Waals surface area contributed by atoms with Gasteiger partial charge in [-0.3, -0.25) is 4.57 Å². The van der Waals surface area contributed by atoms with E-state index in [2.05, 4.69) is 5.32 Å². The Morgan fingerprint density at radius 2 is 2.25 bits per heavy atom. The molecule has 0 fully saturated rings. The average Bonchev–Trinajstić information content (AvgIpc) is 2.61. The molecule has 0 aliphatic rings. The van der Waals surface area contributed by atoms with Gasteiger partial charge in [0.25, 0.3) is 0 Å². The molecule has 0 amide bonds. The van der Waals surface area contributed by atoms with E-state index in [1.807, 2.05) is 32.2 Å². The first-order valence-corrected chi connectivity index (χ1v) is 5.53. The van der Waals surface area contributed by atoms with Crippen LogP contribution in [0, 0.1) is 0 Å². The minimum absolute atomic E-state index is 0.275. The van der Waals surface area contributed by atoms with Crippen molar-refractivity contribution < 1.29 is 4.42 Å². The largest absolute Gasteiger partial charge is 0.419 e. The van der Waals surface area contributed by atoms with E-state index in [0.29, 0.717) is 12.1 Å². The van der Waals surface area contributed by atoms with Gasteiger partial charge in [-0.15, -0.1) is 0 Å². The van der Waals surface area contributed by atoms with Crippen LogP contribution in [0.3, 0.4) is 0 Å². The minimum atomic E-state index is -0.275. The lowest BCUT2D eigenvalue weighted by molar-refractivity contribution is 0.513. The van der Waals surface area contributed by atoms with Gasteiger partial charge in [0.1, 0.15) is 0 Å². The first-order chi connectivity index (χ1) is 7.76. The fraction of sp³-hybridized carbons (Fsp3) is 0.417. The molecule has 4 nitrogen and oxygen atoms in total.